The van der Waals surface area contributed by atoms with Crippen LogP contribution in [0.2, 0.25) is 0 Å². The van der Waals surface area contributed by atoms with E-state index >= 15 is 0 Å². The second-order valence-electron chi connectivity index (χ2n) is 5.13. The molecule has 0 bridgehead atoms. The number of imide groups is 2. The van der Waals surface area contributed by atoms with Crippen LogP contribution >= 0.6 is 0 Å². The number of anilines is 1. The highest BCUT2D eigenvalue weighted by Crippen LogP contribution is 2.23. The van der Waals surface area contributed by atoms with Gasteiger partial charge in [-0.05, 0) is 36.4 Å². The highest BCUT2D eigenvalue weighted by molar-refractivity contribution is 6.32. The van der Waals surface area contributed by atoms with E-state index in [4.69, 9.17) is 4.74 Å². The van der Waals surface area contributed by atoms with Crippen molar-refractivity contribution in [1.29, 1.82) is 0 Å². The molecule has 1 aromatic carbocycles. The molecule has 2 heterocycles. The van der Waals surface area contributed by atoms with E-state index < -0.39 is 23.8 Å². The van der Waals surface area contributed by atoms with Gasteiger partial charge in [0.05, 0.1) is 18.5 Å². The van der Waals surface area contributed by atoms with Crippen molar-refractivity contribution >= 4 is 35.4 Å². The van der Waals surface area contributed by atoms with Gasteiger partial charge in [0.15, 0.2) is 5.92 Å². The summed E-state index contributed by atoms with van der Waals surface area (Å²) in [6.07, 6.45) is 4.31. The molecule has 1 aliphatic heterocycles. The van der Waals surface area contributed by atoms with Crippen molar-refractivity contribution in [1.82, 2.24) is 10.3 Å². The first kappa shape index (κ1) is 16.3. The van der Waals surface area contributed by atoms with Crippen molar-refractivity contribution < 1.29 is 19.1 Å². The Morgan fingerprint density at radius 2 is 1.80 bits per heavy atom. The number of benzene rings is 1. The lowest BCUT2D eigenvalue weighted by molar-refractivity contribution is -0.131. The van der Waals surface area contributed by atoms with Crippen LogP contribution in [0.4, 0.5) is 16.2 Å². The molecule has 1 aliphatic rings. The molecule has 8 heteroatoms. The van der Waals surface area contributed by atoms with E-state index in [1.807, 2.05) is 0 Å². The van der Waals surface area contributed by atoms with Crippen molar-refractivity contribution in [2.45, 2.75) is 0 Å². The molecule has 0 saturated carbocycles. The van der Waals surface area contributed by atoms with Crippen LogP contribution in [0.25, 0.3) is 0 Å². The predicted octanol–water partition coefficient (Wildman–Crippen LogP) is 1.69. The summed E-state index contributed by atoms with van der Waals surface area (Å²) < 4.78 is 5.05. The number of pyridine rings is 1. The molecule has 1 atom stereocenters. The molecule has 1 N–H and O–H groups in total. The van der Waals surface area contributed by atoms with Gasteiger partial charge in [-0.25, -0.2) is 9.69 Å². The number of ether oxygens (including phenoxy) is 1. The van der Waals surface area contributed by atoms with Gasteiger partial charge in [-0.1, -0.05) is 0 Å². The predicted molar refractivity (Wildman–Crippen MR) is 89.9 cm³/mol. The average molecular weight is 338 g/mol. The topological polar surface area (TPSA) is 101 Å². The lowest BCUT2D eigenvalue weighted by Gasteiger charge is -2.28. The van der Waals surface area contributed by atoms with E-state index in [0.29, 0.717) is 17.1 Å². The van der Waals surface area contributed by atoms with Crippen molar-refractivity contribution in [3.8, 4) is 5.75 Å². The van der Waals surface area contributed by atoms with Crippen LogP contribution in [-0.4, -0.2) is 36.2 Å². The minimum atomic E-state index is -1.20. The maximum absolute atomic E-state index is 12.6. The first-order valence-corrected chi connectivity index (χ1v) is 7.37. The molecule has 1 saturated heterocycles. The average Bonchev–Trinajstić information content (AvgIpc) is 2.62. The maximum Gasteiger partial charge on any atom is 0.335 e. The largest absolute Gasteiger partial charge is 0.497 e. The normalized spacial score (nSPS) is 17.7. The smallest absolute Gasteiger partial charge is 0.335 e. The number of rotatable bonds is 4. The summed E-state index contributed by atoms with van der Waals surface area (Å²) in [7, 11) is 1.51. The van der Waals surface area contributed by atoms with Gasteiger partial charge >= 0.3 is 6.03 Å². The Hall–Kier alpha value is -3.55. The summed E-state index contributed by atoms with van der Waals surface area (Å²) in [5.74, 6) is -2.00. The summed E-state index contributed by atoms with van der Waals surface area (Å²) in [5.41, 5.74) is 0.876. The number of aromatic nitrogens is 1. The third kappa shape index (κ3) is 3.37. The van der Waals surface area contributed by atoms with E-state index in [1.54, 1.807) is 48.8 Å². The van der Waals surface area contributed by atoms with Crippen molar-refractivity contribution in [3.63, 3.8) is 0 Å². The van der Waals surface area contributed by atoms with Gasteiger partial charge in [0, 0.05) is 18.6 Å². The van der Waals surface area contributed by atoms with E-state index in [0.717, 1.165) is 4.90 Å². The van der Waals surface area contributed by atoms with E-state index in [9.17, 15) is 14.4 Å². The number of carbonyl (C=O) groups excluding carboxylic acids is 3. The van der Waals surface area contributed by atoms with Crippen molar-refractivity contribution in [2.75, 3.05) is 12.0 Å². The van der Waals surface area contributed by atoms with Crippen LogP contribution in [-0.2, 0) is 9.59 Å². The number of nitrogens with zero attached hydrogens (tertiary/aromatic N) is 3. The van der Waals surface area contributed by atoms with E-state index in [-0.39, 0.29) is 0 Å². The molecule has 0 radical (unpaired) electrons. The number of aliphatic imine (C=N–C) groups is 1. The Bertz CT molecular complexity index is 833. The zero-order chi connectivity index (χ0) is 17.8. The molecular formula is C17H14N4O4. The molecular weight excluding hydrogens is 324 g/mol. The minimum Gasteiger partial charge on any atom is -0.497 e. The monoisotopic (exact) mass is 338 g/mol. The molecule has 25 heavy (non-hydrogen) atoms. The van der Waals surface area contributed by atoms with Gasteiger partial charge in [0.2, 0.25) is 5.91 Å². The van der Waals surface area contributed by atoms with Crippen LogP contribution in [0, 0.1) is 5.92 Å². The number of hydrogen-bond donors (Lipinski definition) is 1. The minimum absolute atomic E-state index is 0.332. The number of amides is 4. The quantitative estimate of drug-likeness (QED) is 0.675. The third-order valence-electron chi connectivity index (χ3n) is 3.57. The number of nitrogens with one attached hydrogen (secondary N) is 1. The van der Waals surface area contributed by atoms with Crippen LogP contribution in [0.1, 0.15) is 0 Å². The lowest BCUT2D eigenvalue weighted by Crippen LogP contribution is -2.58. The number of methoxy groups -OCH3 is 1. The zero-order valence-corrected chi connectivity index (χ0v) is 13.2. The maximum atomic E-state index is 12.6. The fourth-order valence-corrected chi connectivity index (χ4v) is 2.29. The molecule has 8 nitrogen and oxygen atoms in total. The van der Waals surface area contributed by atoms with Crippen LogP contribution < -0.4 is 15.0 Å². The molecule has 1 aromatic heterocycles. The molecule has 1 fully saturated rings. The van der Waals surface area contributed by atoms with Gasteiger partial charge in [0.25, 0.3) is 5.91 Å². The van der Waals surface area contributed by atoms with E-state index in [1.165, 1.54) is 13.3 Å². The van der Waals surface area contributed by atoms with Crippen LogP contribution in [0.3, 0.4) is 0 Å². The van der Waals surface area contributed by atoms with Gasteiger partial charge in [-0.2, -0.15) is 0 Å². The molecule has 0 spiro atoms. The number of barbiturate groups is 1. The first-order chi connectivity index (χ1) is 12.1. The van der Waals surface area contributed by atoms with Gasteiger partial charge in [-0.3, -0.25) is 24.9 Å². The Morgan fingerprint density at radius 1 is 1.12 bits per heavy atom. The second-order valence-corrected chi connectivity index (χ2v) is 5.13. The summed E-state index contributed by atoms with van der Waals surface area (Å²) in [5, 5.41) is 2.17. The Labute approximate surface area is 143 Å². The van der Waals surface area contributed by atoms with Gasteiger partial charge in [-0.15, -0.1) is 0 Å². The molecule has 0 unspecified atom stereocenters. The number of hydrogen-bond acceptors (Lipinski definition) is 6. The van der Waals surface area contributed by atoms with Crippen LogP contribution in [0.15, 0.2) is 53.8 Å². The Kier molecular flexibility index (Phi) is 4.51. The van der Waals surface area contributed by atoms with Crippen LogP contribution in [0.5, 0.6) is 5.75 Å². The zero-order valence-electron chi connectivity index (χ0n) is 13.2. The molecule has 126 valence electrons. The Morgan fingerprint density at radius 3 is 2.44 bits per heavy atom. The fourth-order valence-electron chi connectivity index (χ4n) is 2.29. The summed E-state index contributed by atoms with van der Waals surface area (Å²) in [4.78, 5) is 45.6. The molecule has 0 aliphatic carbocycles. The molecule has 3 rings (SSSR count). The standard InChI is InChI=1S/C17H14N4O4/c1-25-13-4-2-12(3-5-13)21-16(23)14(15(22)20-17(21)24)10-19-11-6-8-18-9-7-11/h2-10,14H,1H3,(H,20,22,24)/t14-/m0/s1. The van der Waals surface area contributed by atoms with Gasteiger partial charge < -0.3 is 4.74 Å². The number of urea groups is 1. The number of carbonyl (C=O) groups is 3. The summed E-state index contributed by atoms with van der Waals surface area (Å²) >= 11 is 0. The summed E-state index contributed by atoms with van der Waals surface area (Å²) in [6, 6.07) is 8.82. The fraction of sp³-hybridized carbons (Fsp3) is 0.118. The molecule has 2 aromatic rings. The lowest BCUT2D eigenvalue weighted by atomic mass is 10.1. The van der Waals surface area contributed by atoms with Crippen molar-refractivity contribution in [3.05, 3.63) is 48.8 Å². The first-order valence-electron chi connectivity index (χ1n) is 7.37. The van der Waals surface area contributed by atoms with Crippen molar-refractivity contribution in [2.24, 2.45) is 10.9 Å². The summed E-state index contributed by atoms with van der Waals surface area (Å²) in [6.45, 7) is 0. The SMILES string of the molecule is COc1ccc(N2C(=O)NC(=O)[C@H](C=Nc3ccncc3)C2=O)cc1. The Balaban J connectivity index is 1.87. The highest BCUT2D eigenvalue weighted by atomic mass is 16.5. The third-order valence-corrected chi connectivity index (χ3v) is 3.57. The molecule has 4 amide bonds. The highest BCUT2D eigenvalue weighted by Gasteiger charge is 2.40. The second kappa shape index (κ2) is 6.91. The van der Waals surface area contributed by atoms with E-state index in [2.05, 4.69) is 15.3 Å². The van der Waals surface area contributed by atoms with Gasteiger partial charge in [0.1, 0.15) is 5.75 Å².